The molecule has 0 bridgehead atoms. The van der Waals surface area contributed by atoms with Crippen molar-refractivity contribution in [1.29, 1.82) is 0 Å². The number of hydrogen-bond donors (Lipinski definition) is 2. The smallest absolute Gasteiger partial charge is 0.243 e. The van der Waals surface area contributed by atoms with Gasteiger partial charge in [0, 0.05) is 13.5 Å². The second-order valence-electron chi connectivity index (χ2n) is 5.23. The molecule has 20 heavy (non-hydrogen) atoms. The second-order valence-corrected chi connectivity index (χ2v) is 5.23. The number of hydrogen-bond acceptors (Lipinski definition) is 4. The van der Waals surface area contributed by atoms with Crippen molar-refractivity contribution in [2.75, 3.05) is 19.5 Å². The molecule has 1 fully saturated rings. The molecule has 0 aliphatic heterocycles. The average molecular weight is 278 g/mol. The average Bonchev–Trinajstić information content (AvgIpc) is 2.48. The van der Waals surface area contributed by atoms with Crippen LogP contribution >= 0.6 is 0 Å². The molecule has 5 nitrogen and oxygen atoms in total. The first-order valence-electron chi connectivity index (χ1n) is 6.85. The maximum atomic E-state index is 12.0. The molecule has 110 valence electrons. The number of rotatable bonds is 5. The maximum Gasteiger partial charge on any atom is 0.243 e. The fourth-order valence-electron chi connectivity index (χ4n) is 2.83. The normalized spacial score (nSPS) is 26.0. The van der Waals surface area contributed by atoms with Crippen LogP contribution in [-0.2, 0) is 9.53 Å². The van der Waals surface area contributed by atoms with E-state index in [0.717, 1.165) is 18.5 Å². The summed E-state index contributed by atoms with van der Waals surface area (Å²) in [7, 11) is 3.28. The van der Waals surface area contributed by atoms with Gasteiger partial charge in [-0.1, -0.05) is 12.1 Å². The summed E-state index contributed by atoms with van der Waals surface area (Å²) in [6, 6.07) is 7.53. The minimum atomic E-state index is -0.770. The van der Waals surface area contributed by atoms with Crippen molar-refractivity contribution in [1.82, 2.24) is 0 Å². The van der Waals surface area contributed by atoms with E-state index in [0.29, 0.717) is 18.6 Å². The van der Waals surface area contributed by atoms with Gasteiger partial charge >= 0.3 is 0 Å². The summed E-state index contributed by atoms with van der Waals surface area (Å²) in [4.78, 5) is 12.0. The van der Waals surface area contributed by atoms with Crippen LogP contribution in [0.4, 0.5) is 5.69 Å². The Labute approximate surface area is 119 Å². The molecule has 0 aromatic heterocycles. The Morgan fingerprint density at radius 1 is 1.40 bits per heavy atom. The highest BCUT2D eigenvalue weighted by atomic mass is 16.5. The van der Waals surface area contributed by atoms with Crippen molar-refractivity contribution in [3.63, 3.8) is 0 Å². The first kappa shape index (κ1) is 14.7. The molecule has 2 atom stereocenters. The molecule has 2 rings (SSSR count). The number of nitrogens with two attached hydrogens (primary N) is 1. The number of carbonyl (C=O) groups excluding carboxylic acids is 1. The summed E-state index contributed by atoms with van der Waals surface area (Å²) in [6.07, 6.45) is 3.21. The Morgan fingerprint density at radius 3 is 2.80 bits per heavy atom. The van der Waals surface area contributed by atoms with Gasteiger partial charge in [0.05, 0.1) is 18.9 Å². The van der Waals surface area contributed by atoms with Gasteiger partial charge in [-0.3, -0.25) is 4.79 Å². The Kier molecular flexibility index (Phi) is 4.49. The maximum absolute atomic E-state index is 12.0. The summed E-state index contributed by atoms with van der Waals surface area (Å²) in [5.74, 6) is 0.359. The van der Waals surface area contributed by atoms with E-state index in [1.165, 1.54) is 0 Å². The lowest BCUT2D eigenvalue weighted by atomic mass is 9.79. The fourth-order valence-corrected chi connectivity index (χ4v) is 2.83. The van der Waals surface area contributed by atoms with Crippen LogP contribution in [0.5, 0.6) is 5.75 Å². The molecule has 0 spiro atoms. The first-order chi connectivity index (χ1) is 9.61. The molecule has 0 saturated heterocycles. The lowest BCUT2D eigenvalue weighted by Gasteiger charge is -2.39. The van der Waals surface area contributed by atoms with E-state index in [9.17, 15) is 4.79 Å². The minimum Gasteiger partial charge on any atom is -0.495 e. The van der Waals surface area contributed by atoms with E-state index >= 15 is 0 Å². The van der Waals surface area contributed by atoms with Gasteiger partial charge in [0.2, 0.25) is 5.91 Å². The van der Waals surface area contributed by atoms with Crippen molar-refractivity contribution in [3.05, 3.63) is 24.3 Å². The number of ether oxygens (including phenoxy) is 2. The molecule has 1 aliphatic carbocycles. The van der Waals surface area contributed by atoms with Gasteiger partial charge in [0.25, 0.3) is 0 Å². The Hall–Kier alpha value is -1.75. The molecule has 0 heterocycles. The van der Waals surface area contributed by atoms with Gasteiger partial charge < -0.3 is 20.5 Å². The number of amides is 1. The van der Waals surface area contributed by atoms with Crippen LogP contribution in [0, 0.1) is 0 Å². The van der Waals surface area contributed by atoms with E-state index in [2.05, 4.69) is 5.32 Å². The van der Waals surface area contributed by atoms with Crippen LogP contribution < -0.4 is 15.8 Å². The summed E-state index contributed by atoms with van der Waals surface area (Å²) in [5.41, 5.74) is 5.67. The fraction of sp³-hybridized carbons (Fsp3) is 0.533. The Bertz CT molecular complexity index is 478. The molecule has 1 aromatic rings. The predicted molar refractivity (Wildman–Crippen MR) is 77.8 cm³/mol. The van der Waals surface area contributed by atoms with Crippen molar-refractivity contribution < 1.29 is 14.3 Å². The van der Waals surface area contributed by atoms with E-state index in [1.54, 1.807) is 14.2 Å². The molecule has 1 aliphatic rings. The molecular weight excluding hydrogens is 256 g/mol. The summed E-state index contributed by atoms with van der Waals surface area (Å²) >= 11 is 0. The highest BCUT2D eigenvalue weighted by Gasteiger charge is 2.42. The highest BCUT2D eigenvalue weighted by molar-refractivity contribution is 5.88. The zero-order chi connectivity index (χ0) is 14.6. The van der Waals surface area contributed by atoms with Gasteiger partial charge in [-0.15, -0.1) is 0 Å². The van der Waals surface area contributed by atoms with Crippen LogP contribution in [0.3, 0.4) is 0 Å². The minimum absolute atomic E-state index is 0.0541. The quantitative estimate of drug-likeness (QED) is 0.863. The number of nitrogens with one attached hydrogen (secondary N) is 1. The van der Waals surface area contributed by atoms with Crippen molar-refractivity contribution in [2.24, 2.45) is 5.73 Å². The summed E-state index contributed by atoms with van der Waals surface area (Å²) in [6.45, 7) is 0. The zero-order valence-corrected chi connectivity index (χ0v) is 12.0. The Morgan fingerprint density at radius 2 is 2.15 bits per heavy atom. The summed E-state index contributed by atoms with van der Waals surface area (Å²) in [5, 5.41) is 3.30. The van der Waals surface area contributed by atoms with Crippen molar-refractivity contribution >= 4 is 11.6 Å². The second kappa shape index (κ2) is 6.13. The van der Waals surface area contributed by atoms with Gasteiger partial charge in [-0.2, -0.15) is 0 Å². The molecule has 0 radical (unpaired) electrons. The number of primary amides is 1. The molecule has 1 saturated carbocycles. The van der Waals surface area contributed by atoms with Crippen LogP contribution in [0.2, 0.25) is 0 Å². The van der Waals surface area contributed by atoms with Gasteiger partial charge in [0.1, 0.15) is 11.3 Å². The number of para-hydroxylation sites is 2. The summed E-state index contributed by atoms with van der Waals surface area (Å²) < 4.78 is 10.7. The zero-order valence-electron chi connectivity index (χ0n) is 12.0. The monoisotopic (exact) mass is 278 g/mol. The number of carbonyl (C=O) groups is 1. The molecular formula is C15H22N2O3. The molecule has 3 N–H and O–H groups in total. The third kappa shape index (κ3) is 2.88. The Balaban J connectivity index is 2.27. The van der Waals surface area contributed by atoms with E-state index in [4.69, 9.17) is 15.2 Å². The molecule has 1 amide bonds. The SMILES string of the molecule is COc1ccccc1NC1(C(N)=O)CCCC(OC)C1. The number of benzene rings is 1. The number of methoxy groups -OCH3 is 2. The lowest BCUT2D eigenvalue weighted by molar-refractivity contribution is -0.125. The van der Waals surface area contributed by atoms with Gasteiger partial charge in [-0.05, 0) is 31.4 Å². The molecule has 2 unspecified atom stereocenters. The van der Waals surface area contributed by atoms with E-state index < -0.39 is 5.54 Å². The predicted octanol–water partition coefficient (Wildman–Crippen LogP) is 1.92. The largest absolute Gasteiger partial charge is 0.495 e. The van der Waals surface area contributed by atoms with Crippen molar-refractivity contribution in [2.45, 2.75) is 37.3 Å². The lowest BCUT2D eigenvalue weighted by Crippen LogP contribution is -2.54. The third-order valence-corrected chi connectivity index (χ3v) is 3.99. The topological polar surface area (TPSA) is 73.6 Å². The molecule has 5 heteroatoms. The van der Waals surface area contributed by atoms with Crippen LogP contribution in [0.15, 0.2) is 24.3 Å². The standard InChI is InChI=1S/C15H22N2O3/c1-19-11-6-5-9-15(10-11,14(16)18)17-12-7-3-4-8-13(12)20-2/h3-4,7-8,11,17H,5-6,9-10H2,1-2H3,(H2,16,18). The highest BCUT2D eigenvalue weighted by Crippen LogP contribution is 2.35. The van der Waals surface area contributed by atoms with Crippen LogP contribution in [0.1, 0.15) is 25.7 Å². The first-order valence-corrected chi connectivity index (χ1v) is 6.85. The third-order valence-electron chi connectivity index (χ3n) is 3.99. The van der Waals surface area contributed by atoms with Gasteiger partial charge in [0.15, 0.2) is 0 Å². The van der Waals surface area contributed by atoms with E-state index in [1.807, 2.05) is 24.3 Å². The van der Waals surface area contributed by atoms with Gasteiger partial charge in [-0.25, -0.2) is 0 Å². The molecule has 1 aromatic carbocycles. The van der Waals surface area contributed by atoms with Crippen molar-refractivity contribution in [3.8, 4) is 5.75 Å². The number of anilines is 1. The van der Waals surface area contributed by atoms with Crippen LogP contribution in [-0.4, -0.2) is 31.8 Å². The van der Waals surface area contributed by atoms with E-state index in [-0.39, 0.29) is 12.0 Å². The van der Waals surface area contributed by atoms with Crippen LogP contribution in [0.25, 0.3) is 0 Å².